The highest BCUT2D eigenvalue weighted by Gasteiger charge is 2.12. The fourth-order valence-electron chi connectivity index (χ4n) is 2.18. The number of hydrogen-bond acceptors (Lipinski definition) is 5. The first kappa shape index (κ1) is 16.0. The Hall–Kier alpha value is -2.86. The molecule has 3 N–H and O–H groups in total. The lowest BCUT2D eigenvalue weighted by atomic mass is 10.2. The summed E-state index contributed by atoms with van der Waals surface area (Å²) in [6.07, 6.45) is 0. The van der Waals surface area contributed by atoms with Crippen molar-refractivity contribution in [1.82, 2.24) is 4.98 Å². The highest BCUT2D eigenvalue weighted by Crippen LogP contribution is 2.31. The maximum atomic E-state index is 12.4. The number of aryl methyl sites for hydroxylation is 2. The summed E-state index contributed by atoms with van der Waals surface area (Å²) in [6.45, 7) is 3.82. The third-order valence-corrected chi connectivity index (χ3v) is 4.32. The van der Waals surface area contributed by atoms with Crippen LogP contribution in [-0.4, -0.2) is 10.9 Å². The van der Waals surface area contributed by atoms with Gasteiger partial charge in [0.25, 0.3) is 5.91 Å². The van der Waals surface area contributed by atoms with Gasteiger partial charge in [-0.25, -0.2) is 4.98 Å². The first-order valence-electron chi connectivity index (χ1n) is 7.39. The first-order chi connectivity index (χ1) is 11.5. The number of carbonyl (C=O) groups is 1. The molecule has 2 aromatic heterocycles. The minimum atomic E-state index is -0.301. The van der Waals surface area contributed by atoms with Crippen molar-refractivity contribution in [1.29, 1.82) is 0 Å². The molecule has 0 fully saturated rings. The smallest absolute Gasteiger partial charge is 0.259 e. The van der Waals surface area contributed by atoms with Gasteiger partial charge in [0.2, 0.25) is 0 Å². The van der Waals surface area contributed by atoms with Gasteiger partial charge in [0.05, 0.1) is 5.56 Å². The van der Waals surface area contributed by atoms with E-state index in [-0.39, 0.29) is 11.7 Å². The topological polar surface area (TPSA) is 77.2 Å². The summed E-state index contributed by atoms with van der Waals surface area (Å²) in [6, 6.07) is 12.7. The standard InChI is InChI=1S/C18H17N3O2S/c1-11-8-9-24-18(11)23-14-5-3-4-13(10-14)21-17(22)15-7-6-12(2)20-16(15)19/h3-10H,1-2H3,(H2,19,20)(H,21,22). The van der Waals surface area contributed by atoms with Crippen LogP contribution in [0.2, 0.25) is 0 Å². The number of pyridine rings is 1. The van der Waals surface area contributed by atoms with Crippen molar-refractivity contribution >= 4 is 28.7 Å². The maximum Gasteiger partial charge on any atom is 0.259 e. The molecule has 1 amide bonds. The quantitative estimate of drug-likeness (QED) is 0.739. The van der Waals surface area contributed by atoms with Gasteiger partial charge in [0.1, 0.15) is 11.6 Å². The highest BCUT2D eigenvalue weighted by molar-refractivity contribution is 7.12. The number of amides is 1. The fourth-order valence-corrected chi connectivity index (χ4v) is 2.97. The fraction of sp³-hybridized carbons (Fsp3) is 0.111. The number of rotatable bonds is 4. The molecule has 0 aliphatic heterocycles. The number of nitrogens with one attached hydrogen (secondary N) is 1. The predicted molar refractivity (Wildman–Crippen MR) is 96.9 cm³/mol. The van der Waals surface area contributed by atoms with Crippen LogP contribution in [0.3, 0.4) is 0 Å². The van der Waals surface area contributed by atoms with Crippen LogP contribution in [0, 0.1) is 13.8 Å². The zero-order valence-electron chi connectivity index (χ0n) is 13.4. The van der Waals surface area contributed by atoms with E-state index in [2.05, 4.69) is 10.3 Å². The highest BCUT2D eigenvalue weighted by atomic mass is 32.1. The molecule has 0 unspecified atom stereocenters. The predicted octanol–water partition coefficient (Wildman–Crippen LogP) is 4.39. The van der Waals surface area contributed by atoms with Crippen LogP contribution in [0.5, 0.6) is 10.8 Å². The molecule has 1 aromatic carbocycles. The molecule has 5 nitrogen and oxygen atoms in total. The molecule has 0 atom stereocenters. The van der Waals surface area contributed by atoms with Crippen molar-refractivity contribution in [2.24, 2.45) is 0 Å². The molecule has 2 heterocycles. The van der Waals surface area contributed by atoms with E-state index in [9.17, 15) is 4.79 Å². The summed E-state index contributed by atoms with van der Waals surface area (Å²) in [7, 11) is 0. The van der Waals surface area contributed by atoms with E-state index >= 15 is 0 Å². The molecule has 0 spiro atoms. The Balaban J connectivity index is 1.77. The van der Waals surface area contributed by atoms with Gasteiger partial charge >= 0.3 is 0 Å². The number of thiophene rings is 1. The van der Waals surface area contributed by atoms with E-state index in [1.54, 1.807) is 24.3 Å². The van der Waals surface area contributed by atoms with E-state index in [0.29, 0.717) is 17.0 Å². The van der Waals surface area contributed by atoms with Crippen molar-refractivity contribution in [2.45, 2.75) is 13.8 Å². The summed E-state index contributed by atoms with van der Waals surface area (Å²) in [5.41, 5.74) is 8.64. The van der Waals surface area contributed by atoms with Crippen LogP contribution in [-0.2, 0) is 0 Å². The largest absolute Gasteiger partial charge is 0.446 e. The van der Waals surface area contributed by atoms with Crippen LogP contribution < -0.4 is 15.8 Å². The van der Waals surface area contributed by atoms with Gasteiger partial charge in [-0.05, 0) is 49.6 Å². The van der Waals surface area contributed by atoms with E-state index in [0.717, 1.165) is 16.3 Å². The molecule has 6 heteroatoms. The normalized spacial score (nSPS) is 10.4. The first-order valence-corrected chi connectivity index (χ1v) is 8.27. The van der Waals surface area contributed by atoms with Gasteiger partial charge in [-0.15, -0.1) is 11.3 Å². The van der Waals surface area contributed by atoms with E-state index in [1.165, 1.54) is 11.3 Å². The monoisotopic (exact) mass is 339 g/mol. The number of nitrogens with two attached hydrogens (primary N) is 1. The molecule has 122 valence electrons. The lowest BCUT2D eigenvalue weighted by Gasteiger charge is -2.09. The minimum Gasteiger partial charge on any atom is -0.446 e. The molecule has 3 aromatic rings. The Labute approximate surface area is 144 Å². The molecule has 0 aliphatic carbocycles. The van der Waals surface area contributed by atoms with Crippen LogP contribution in [0.4, 0.5) is 11.5 Å². The second-order valence-corrected chi connectivity index (χ2v) is 6.24. The lowest BCUT2D eigenvalue weighted by Crippen LogP contribution is -2.15. The molecule has 0 radical (unpaired) electrons. The third kappa shape index (κ3) is 3.55. The molecular formula is C18H17N3O2S. The van der Waals surface area contributed by atoms with Crippen LogP contribution >= 0.6 is 11.3 Å². The van der Waals surface area contributed by atoms with Gasteiger partial charge in [-0.1, -0.05) is 6.07 Å². The molecular weight excluding hydrogens is 322 g/mol. The third-order valence-electron chi connectivity index (χ3n) is 3.43. The SMILES string of the molecule is Cc1ccc(C(=O)Nc2cccc(Oc3sccc3C)c2)c(N)n1. The van der Waals surface area contributed by atoms with Crippen molar-refractivity contribution in [3.63, 3.8) is 0 Å². The van der Waals surface area contributed by atoms with Gasteiger partial charge in [0.15, 0.2) is 5.06 Å². The summed E-state index contributed by atoms with van der Waals surface area (Å²) < 4.78 is 5.85. The summed E-state index contributed by atoms with van der Waals surface area (Å²) in [5.74, 6) is 0.576. The van der Waals surface area contributed by atoms with Gasteiger partial charge in [-0.3, -0.25) is 4.79 Å². The summed E-state index contributed by atoms with van der Waals surface area (Å²) in [4.78, 5) is 16.5. The van der Waals surface area contributed by atoms with Crippen LogP contribution in [0.1, 0.15) is 21.6 Å². The van der Waals surface area contributed by atoms with Crippen molar-refractivity contribution < 1.29 is 9.53 Å². The van der Waals surface area contributed by atoms with Crippen LogP contribution in [0.15, 0.2) is 47.8 Å². The Morgan fingerprint density at radius 2 is 2.04 bits per heavy atom. The van der Waals surface area contributed by atoms with E-state index in [4.69, 9.17) is 10.5 Å². The molecule has 3 rings (SSSR count). The number of anilines is 2. The molecule has 24 heavy (non-hydrogen) atoms. The van der Waals surface area contributed by atoms with Gasteiger partial charge in [-0.2, -0.15) is 0 Å². The number of nitrogens with zero attached hydrogens (tertiary/aromatic N) is 1. The van der Waals surface area contributed by atoms with Crippen LogP contribution in [0.25, 0.3) is 0 Å². The van der Waals surface area contributed by atoms with Gasteiger partial charge in [0, 0.05) is 23.0 Å². The number of nitrogen functional groups attached to an aromatic ring is 1. The Morgan fingerprint density at radius 1 is 1.21 bits per heavy atom. The average Bonchev–Trinajstić information content (AvgIpc) is 2.92. The minimum absolute atomic E-state index is 0.217. The number of hydrogen-bond donors (Lipinski definition) is 2. The average molecular weight is 339 g/mol. The van der Waals surface area contributed by atoms with Crippen molar-refractivity contribution in [3.8, 4) is 10.8 Å². The lowest BCUT2D eigenvalue weighted by molar-refractivity contribution is 0.102. The molecule has 0 saturated carbocycles. The number of benzene rings is 1. The van der Waals surface area contributed by atoms with Crippen molar-refractivity contribution in [2.75, 3.05) is 11.1 Å². The zero-order chi connectivity index (χ0) is 17.1. The maximum absolute atomic E-state index is 12.4. The second kappa shape index (κ2) is 6.72. The zero-order valence-corrected chi connectivity index (χ0v) is 14.2. The number of aromatic nitrogens is 1. The van der Waals surface area contributed by atoms with E-state index < -0.39 is 0 Å². The Bertz CT molecular complexity index is 889. The van der Waals surface area contributed by atoms with E-state index in [1.807, 2.05) is 37.4 Å². The summed E-state index contributed by atoms with van der Waals surface area (Å²) in [5, 5.41) is 5.63. The Kier molecular flexibility index (Phi) is 4.48. The molecule has 0 bridgehead atoms. The molecule has 0 aliphatic rings. The number of ether oxygens (including phenoxy) is 1. The Morgan fingerprint density at radius 3 is 2.75 bits per heavy atom. The summed E-state index contributed by atoms with van der Waals surface area (Å²) >= 11 is 1.53. The number of carbonyl (C=O) groups excluding carboxylic acids is 1. The molecule has 0 saturated heterocycles. The van der Waals surface area contributed by atoms with Crippen molar-refractivity contribution in [3.05, 3.63) is 64.7 Å². The second-order valence-electron chi connectivity index (χ2n) is 5.36. The van der Waals surface area contributed by atoms with Gasteiger partial charge < -0.3 is 15.8 Å².